The standard InChI is InChI=1S/C13H22N6O/c1-2-6-20-13-16-11(18-14)15-12(17-13)19-7-9-4-3-5-10(9)8-19/h9-10H,2-8,14H2,1H3,(H,15,16,17,18). The first kappa shape index (κ1) is 13.4. The summed E-state index contributed by atoms with van der Waals surface area (Å²) in [6, 6.07) is 0.349. The monoisotopic (exact) mass is 278 g/mol. The van der Waals surface area contributed by atoms with Crippen LogP contribution in [0.4, 0.5) is 11.9 Å². The van der Waals surface area contributed by atoms with Gasteiger partial charge >= 0.3 is 6.01 Å². The maximum absolute atomic E-state index is 5.51. The van der Waals surface area contributed by atoms with E-state index < -0.39 is 0 Å². The Morgan fingerprint density at radius 2 is 2.00 bits per heavy atom. The van der Waals surface area contributed by atoms with E-state index >= 15 is 0 Å². The average molecular weight is 278 g/mol. The lowest BCUT2D eigenvalue weighted by atomic mass is 10.0. The van der Waals surface area contributed by atoms with Crippen molar-refractivity contribution in [1.29, 1.82) is 0 Å². The predicted octanol–water partition coefficient (Wildman–Crippen LogP) is 1.18. The smallest absolute Gasteiger partial charge is 0.323 e. The van der Waals surface area contributed by atoms with Crippen LogP contribution >= 0.6 is 0 Å². The molecule has 1 saturated heterocycles. The van der Waals surface area contributed by atoms with Gasteiger partial charge in [-0.2, -0.15) is 15.0 Å². The van der Waals surface area contributed by atoms with Crippen LogP contribution in [-0.4, -0.2) is 34.6 Å². The molecule has 2 heterocycles. The molecular weight excluding hydrogens is 256 g/mol. The van der Waals surface area contributed by atoms with E-state index in [1.807, 2.05) is 6.92 Å². The second-order valence-corrected chi connectivity index (χ2v) is 5.59. The number of nitrogens with two attached hydrogens (primary N) is 1. The van der Waals surface area contributed by atoms with E-state index in [1.54, 1.807) is 0 Å². The fourth-order valence-corrected chi connectivity index (χ4v) is 3.21. The van der Waals surface area contributed by atoms with Crippen LogP contribution in [0.1, 0.15) is 32.6 Å². The molecule has 1 aromatic heterocycles. The van der Waals surface area contributed by atoms with Crippen LogP contribution in [0.25, 0.3) is 0 Å². The molecule has 2 atom stereocenters. The highest BCUT2D eigenvalue weighted by Crippen LogP contribution is 2.38. The second kappa shape index (κ2) is 5.78. The number of hydrazine groups is 1. The molecule has 110 valence electrons. The number of nitrogens with zero attached hydrogens (tertiary/aromatic N) is 4. The lowest BCUT2D eigenvalue weighted by Crippen LogP contribution is -2.25. The highest BCUT2D eigenvalue weighted by molar-refractivity contribution is 5.39. The molecule has 2 aliphatic rings. The van der Waals surface area contributed by atoms with Crippen molar-refractivity contribution < 1.29 is 4.74 Å². The number of hydrogen-bond acceptors (Lipinski definition) is 7. The minimum absolute atomic E-state index is 0.349. The summed E-state index contributed by atoms with van der Waals surface area (Å²) in [6.45, 7) is 4.71. The topological polar surface area (TPSA) is 89.2 Å². The van der Waals surface area contributed by atoms with Crippen molar-refractivity contribution in [2.45, 2.75) is 32.6 Å². The zero-order valence-corrected chi connectivity index (χ0v) is 11.9. The van der Waals surface area contributed by atoms with E-state index in [1.165, 1.54) is 19.3 Å². The lowest BCUT2D eigenvalue weighted by Gasteiger charge is -2.18. The minimum Gasteiger partial charge on any atom is -0.463 e. The van der Waals surface area contributed by atoms with E-state index in [2.05, 4.69) is 25.3 Å². The number of ether oxygens (including phenoxy) is 1. The maximum Gasteiger partial charge on any atom is 0.323 e. The lowest BCUT2D eigenvalue weighted by molar-refractivity contribution is 0.292. The number of fused-ring (bicyclic) bond motifs is 1. The molecule has 1 saturated carbocycles. The van der Waals surface area contributed by atoms with Gasteiger partial charge in [0.1, 0.15) is 0 Å². The van der Waals surface area contributed by atoms with E-state index in [-0.39, 0.29) is 0 Å². The van der Waals surface area contributed by atoms with Crippen LogP contribution in [-0.2, 0) is 0 Å². The SMILES string of the molecule is CCCOc1nc(NN)nc(N2CC3CCCC3C2)n1. The maximum atomic E-state index is 5.51. The molecular formula is C13H22N6O. The van der Waals surface area contributed by atoms with E-state index in [4.69, 9.17) is 10.6 Å². The third-order valence-corrected chi connectivity index (χ3v) is 4.18. The van der Waals surface area contributed by atoms with E-state index in [0.29, 0.717) is 24.5 Å². The number of hydrogen-bond donors (Lipinski definition) is 2. The first-order valence-electron chi connectivity index (χ1n) is 7.40. The molecule has 2 unspecified atom stereocenters. The molecule has 0 radical (unpaired) electrons. The van der Waals surface area contributed by atoms with Crippen molar-refractivity contribution in [2.24, 2.45) is 17.7 Å². The molecule has 1 aliphatic carbocycles. The Balaban J connectivity index is 1.78. The van der Waals surface area contributed by atoms with Gasteiger partial charge in [0, 0.05) is 13.1 Å². The number of anilines is 2. The molecule has 7 heteroatoms. The van der Waals surface area contributed by atoms with Gasteiger partial charge in [-0.05, 0) is 31.1 Å². The first-order valence-corrected chi connectivity index (χ1v) is 7.40. The van der Waals surface area contributed by atoms with Gasteiger partial charge in [-0.1, -0.05) is 13.3 Å². The Labute approximate surface area is 118 Å². The molecule has 0 bridgehead atoms. The van der Waals surface area contributed by atoms with Crippen LogP contribution in [0, 0.1) is 11.8 Å². The molecule has 0 aromatic carbocycles. The van der Waals surface area contributed by atoms with Gasteiger partial charge in [0.15, 0.2) is 0 Å². The molecule has 0 spiro atoms. The summed E-state index contributed by atoms with van der Waals surface area (Å²) in [5.41, 5.74) is 2.49. The van der Waals surface area contributed by atoms with Crippen molar-refractivity contribution in [3.8, 4) is 6.01 Å². The second-order valence-electron chi connectivity index (χ2n) is 5.59. The van der Waals surface area contributed by atoms with E-state index in [0.717, 1.165) is 31.3 Å². The molecule has 3 rings (SSSR count). The third kappa shape index (κ3) is 2.63. The molecule has 2 fully saturated rings. The fourth-order valence-electron chi connectivity index (χ4n) is 3.21. The highest BCUT2D eigenvalue weighted by Gasteiger charge is 2.37. The molecule has 1 aliphatic heterocycles. The molecule has 3 N–H and O–H groups in total. The van der Waals surface area contributed by atoms with Gasteiger partial charge in [0.25, 0.3) is 0 Å². The summed E-state index contributed by atoms with van der Waals surface area (Å²) in [5, 5.41) is 0. The number of aromatic nitrogens is 3. The Morgan fingerprint density at radius 3 is 2.65 bits per heavy atom. The highest BCUT2D eigenvalue weighted by atomic mass is 16.5. The van der Waals surface area contributed by atoms with Crippen molar-refractivity contribution >= 4 is 11.9 Å². The Kier molecular flexibility index (Phi) is 3.86. The summed E-state index contributed by atoms with van der Waals surface area (Å²) < 4.78 is 5.51. The molecule has 7 nitrogen and oxygen atoms in total. The molecule has 1 aromatic rings. The van der Waals surface area contributed by atoms with Gasteiger partial charge in [-0.3, -0.25) is 5.43 Å². The van der Waals surface area contributed by atoms with Crippen LogP contribution in [0.5, 0.6) is 6.01 Å². The summed E-state index contributed by atoms with van der Waals surface area (Å²) in [5.74, 6) is 8.05. The van der Waals surface area contributed by atoms with Crippen molar-refractivity contribution in [3.05, 3.63) is 0 Å². The van der Waals surface area contributed by atoms with E-state index in [9.17, 15) is 0 Å². The third-order valence-electron chi connectivity index (χ3n) is 4.18. The van der Waals surface area contributed by atoms with Gasteiger partial charge in [0.05, 0.1) is 6.61 Å². The Bertz CT molecular complexity index is 456. The van der Waals surface area contributed by atoms with Crippen LogP contribution < -0.4 is 20.9 Å². The minimum atomic E-state index is 0.349. The average Bonchev–Trinajstić information content (AvgIpc) is 3.05. The van der Waals surface area contributed by atoms with Crippen LogP contribution in [0.2, 0.25) is 0 Å². The van der Waals surface area contributed by atoms with Crippen LogP contribution in [0.3, 0.4) is 0 Å². The number of rotatable bonds is 5. The van der Waals surface area contributed by atoms with Crippen molar-refractivity contribution in [2.75, 3.05) is 30.0 Å². The molecule has 20 heavy (non-hydrogen) atoms. The Hall–Kier alpha value is -1.63. The number of nitrogen functional groups attached to an aromatic ring is 1. The largest absolute Gasteiger partial charge is 0.463 e. The Morgan fingerprint density at radius 1 is 1.25 bits per heavy atom. The van der Waals surface area contributed by atoms with Crippen molar-refractivity contribution in [3.63, 3.8) is 0 Å². The van der Waals surface area contributed by atoms with Crippen LogP contribution in [0.15, 0.2) is 0 Å². The summed E-state index contributed by atoms with van der Waals surface area (Å²) in [4.78, 5) is 15.1. The van der Waals surface area contributed by atoms with Crippen molar-refractivity contribution in [1.82, 2.24) is 15.0 Å². The van der Waals surface area contributed by atoms with Gasteiger partial charge in [-0.25, -0.2) is 5.84 Å². The molecule has 0 amide bonds. The number of nitrogens with one attached hydrogen (secondary N) is 1. The zero-order chi connectivity index (χ0) is 13.9. The van der Waals surface area contributed by atoms with Gasteiger partial charge in [-0.15, -0.1) is 0 Å². The summed E-state index contributed by atoms with van der Waals surface area (Å²) >= 11 is 0. The first-order chi connectivity index (χ1) is 9.80. The fraction of sp³-hybridized carbons (Fsp3) is 0.769. The normalized spacial score (nSPS) is 24.8. The quantitative estimate of drug-likeness (QED) is 0.617. The van der Waals surface area contributed by atoms with Gasteiger partial charge in [0.2, 0.25) is 11.9 Å². The zero-order valence-electron chi connectivity index (χ0n) is 11.9. The van der Waals surface area contributed by atoms with Gasteiger partial charge < -0.3 is 9.64 Å². The predicted molar refractivity (Wildman–Crippen MR) is 76.5 cm³/mol. The summed E-state index contributed by atoms with van der Waals surface area (Å²) in [6.07, 6.45) is 4.93. The summed E-state index contributed by atoms with van der Waals surface area (Å²) in [7, 11) is 0.